The molecule has 1 fully saturated rings. The average molecular weight is 354 g/mol. The van der Waals surface area contributed by atoms with Crippen molar-refractivity contribution in [3.8, 4) is 0 Å². The number of carbonyl (C=O) groups excluding carboxylic acids is 2. The van der Waals surface area contributed by atoms with E-state index in [0.717, 1.165) is 18.5 Å². The van der Waals surface area contributed by atoms with Gasteiger partial charge in [0.15, 0.2) is 5.82 Å². The van der Waals surface area contributed by atoms with Gasteiger partial charge in [-0.15, -0.1) is 0 Å². The summed E-state index contributed by atoms with van der Waals surface area (Å²) in [7, 11) is 0. The summed E-state index contributed by atoms with van der Waals surface area (Å²) in [6.07, 6.45) is 5.82. The third-order valence-electron chi connectivity index (χ3n) is 5.15. The van der Waals surface area contributed by atoms with Gasteiger partial charge in [0.05, 0.1) is 0 Å². The molecule has 0 spiro atoms. The van der Waals surface area contributed by atoms with Crippen molar-refractivity contribution in [3.63, 3.8) is 0 Å². The molecular weight excluding hydrogens is 328 g/mol. The van der Waals surface area contributed by atoms with E-state index in [9.17, 15) is 9.59 Å². The van der Waals surface area contributed by atoms with E-state index in [1.165, 1.54) is 5.56 Å². The number of ketones is 1. The maximum absolute atomic E-state index is 12.9. The molecule has 1 aromatic carbocycles. The van der Waals surface area contributed by atoms with Crippen LogP contribution in [0.5, 0.6) is 0 Å². The lowest BCUT2D eigenvalue weighted by Gasteiger charge is -2.30. The van der Waals surface area contributed by atoms with Crippen molar-refractivity contribution in [1.82, 2.24) is 14.5 Å². The Morgan fingerprint density at radius 2 is 1.81 bits per heavy atom. The molecule has 3 rings (SSSR count). The summed E-state index contributed by atoms with van der Waals surface area (Å²) >= 11 is 0. The Bertz CT molecular complexity index is 758. The van der Waals surface area contributed by atoms with Crippen LogP contribution in [0.15, 0.2) is 36.7 Å². The summed E-state index contributed by atoms with van der Waals surface area (Å²) in [5.41, 5.74) is 7.96. The molecule has 2 heterocycles. The van der Waals surface area contributed by atoms with Gasteiger partial charge in [-0.05, 0) is 30.4 Å². The molecule has 2 N–H and O–H groups in total. The molecule has 26 heavy (non-hydrogen) atoms. The van der Waals surface area contributed by atoms with Gasteiger partial charge < -0.3 is 15.2 Å². The van der Waals surface area contributed by atoms with Gasteiger partial charge in [0, 0.05) is 51.4 Å². The Balaban J connectivity index is 1.60. The molecular formula is C20H26N4O2. The number of Topliss-reactive ketones (excluding diaryl/α,β-unsaturated/α-hetero) is 1. The number of hydrogen-bond donors (Lipinski definition) is 1. The van der Waals surface area contributed by atoms with Crippen LogP contribution in [0.25, 0.3) is 0 Å². The highest BCUT2D eigenvalue weighted by Gasteiger charge is 2.29. The van der Waals surface area contributed by atoms with Gasteiger partial charge >= 0.3 is 0 Å². The predicted molar refractivity (Wildman–Crippen MR) is 99.6 cm³/mol. The molecule has 1 saturated heterocycles. The number of nitrogens with zero attached hydrogens (tertiary/aromatic N) is 3. The molecule has 1 aliphatic rings. The number of rotatable bonds is 6. The largest absolute Gasteiger partial charge is 0.343 e. The zero-order valence-electron chi connectivity index (χ0n) is 15.2. The molecule has 6 heteroatoms. The van der Waals surface area contributed by atoms with E-state index in [1.807, 2.05) is 22.9 Å². The molecule has 0 unspecified atom stereocenters. The SMILES string of the molecule is CC(=O)N1CCC(C(=O)c2nccn2CCc2ccc(CN)cc2)CC1. The van der Waals surface area contributed by atoms with Gasteiger partial charge in [0.25, 0.3) is 0 Å². The van der Waals surface area contributed by atoms with E-state index >= 15 is 0 Å². The molecule has 0 radical (unpaired) electrons. The van der Waals surface area contributed by atoms with Crippen LogP contribution in [0.2, 0.25) is 0 Å². The minimum atomic E-state index is -0.0458. The number of hydrogen-bond acceptors (Lipinski definition) is 4. The minimum Gasteiger partial charge on any atom is -0.343 e. The van der Waals surface area contributed by atoms with Crippen LogP contribution in [0.1, 0.15) is 41.5 Å². The lowest BCUT2D eigenvalue weighted by molar-refractivity contribution is -0.130. The van der Waals surface area contributed by atoms with Gasteiger partial charge in [-0.3, -0.25) is 9.59 Å². The highest BCUT2D eigenvalue weighted by atomic mass is 16.2. The molecule has 6 nitrogen and oxygen atoms in total. The number of nitrogens with two attached hydrogens (primary N) is 1. The number of benzene rings is 1. The Labute approximate surface area is 154 Å². The number of aromatic nitrogens is 2. The maximum atomic E-state index is 12.9. The molecule has 0 bridgehead atoms. The smallest absolute Gasteiger partial charge is 0.219 e. The zero-order valence-corrected chi connectivity index (χ0v) is 15.2. The Morgan fingerprint density at radius 3 is 2.42 bits per heavy atom. The first-order chi connectivity index (χ1) is 12.6. The second-order valence-corrected chi connectivity index (χ2v) is 6.86. The second kappa shape index (κ2) is 8.27. The molecule has 0 atom stereocenters. The number of piperidine rings is 1. The summed E-state index contributed by atoms with van der Waals surface area (Å²) in [4.78, 5) is 30.4. The van der Waals surface area contributed by atoms with E-state index < -0.39 is 0 Å². The fourth-order valence-corrected chi connectivity index (χ4v) is 3.45. The van der Waals surface area contributed by atoms with Crippen molar-refractivity contribution < 1.29 is 9.59 Å². The first-order valence-electron chi connectivity index (χ1n) is 9.17. The van der Waals surface area contributed by atoms with Crippen LogP contribution in [-0.2, 0) is 24.3 Å². The minimum absolute atomic E-state index is 0.0458. The van der Waals surface area contributed by atoms with Crippen LogP contribution in [0.4, 0.5) is 0 Å². The Hall–Kier alpha value is -2.47. The molecule has 0 saturated carbocycles. The third-order valence-corrected chi connectivity index (χ3v) is 5.15. The van der Waals surface area contributed by atoms with Gasteiger partial charge in [0.1, 0.15) is 0 Å². The number of carbonyl (C=O) groups is 2. The van der Waals surface area contributed by atoms with E-state index in [1.54, 1.807) is 18.0 Å². The third kappa shape index (κ3) is 4.19. The summed E-state index contributed by atoms with van der Waals surface area (Å²) in [6.45, 7) is 4.15. The molecule has 138 valence electrons. The standard InChI is InChI=1S/C20H26N4O2/c1-15(25)23-11-7-18(8-12-23)19(26)20-22-9-13-24(20)10-6-16-2-4-17(14-21)5-3-16/h2-5,9,13,18H,6-8,10-12,14,21H2,1H3. The Kier molecular flexibility index (Phi) is 5.83. The summed E-state index contributed by atoms with van der Waals surface area (Å²) < 4.78 is 1.94. The number of likely N-dealkylation sites (tertiary alicyclic amines) is 1. The first kappa shape index (κ1) is 18.3. The zero-order chi connectivity index (χ0) is 18.5. The molecule has 2 aromatic rings. The van der Waals surface area contributed by atoms with Gasteiger partial charge in [-0.25, -0.2) is 4.98 Å². The van der Waals surface area contributed by atoms with Crippen LogP contribution in [-0.4, -0.2) is 39.2 Å². The van der Waals surface area contributed by atoms with Gasteiger partial charge in [-0.1, -0.05) is 24.3 Å². The lowest BCUT2D eigenvalue weighted by Crippen LogP contribution is -2.39. The fraction of sp³-hybridized carbons (Fsp3) is 0.450. The summed E-state index contributed by atoms with van der Waals surface area (Å²) in [6, 6.07) is 8.24. The van der Waals surface area contributed by atoms with E-state index in [2.05, 4.69) is 17.1 Å². The average Bonchev–Trinajstić information content (AvgIpc) is 3.15. The van der Waals surface area contributed by atoms with Gasteiger partial charge in [0.2, 0.25) is 11.7 Å². The van der Waals surface area contributed by atoms with Crippen LogP contribution in [0.3, 0.4) is 0 Å². The molecule has 0 aliphatic carbocycles. The van der Waals surface area contributed by atoms with Crippen LogP contribution < -0.4 is 5.73 Å². The Morgan fingerprint density at radius 1 is 1.15 bits per heavy atom. The van der Waals surface area contributed by atoms with Crippen molar-refractivity contribution in [1.29, 1.82) is 0 Å². The topological polar surface area (TPSA) is 81.2 Å². The summed E-state index contributed by atoms with van der Waals surface area (Å²) in [5, 5.41) is 0. The van der Waals surface area contributed by atoms with Crippen molar-refractivity contribution in [2.45, 2.75) is 39.3 Å². The highest BCUT2D eigenvalue weighted by molar-refractivity contribution is 5.95. The number of imidazole rings is 1. The number of amides is 1. The highest BCUT2D eigenvalue weighted by Crippen LogP contribution is 2.21. The van der Waals surface area contributed by atoms with E-state index in [4.69, 9.17) is 5.73 Å². The predicted octanol–water partition coefficient (Wildman–Crippen LogP) is 2.03. The molecule has 1 aromatic heterocycles. The van der Waals surface area contributed by atoms with Crippen molar-refractivity contribution in [2.75, 3.05) is 13.1 Å². The van der Waals surface area contributed by atoms with Crippen LogP contribution >= 0.6 is 0 Å². The fourth-order valence-electron chi connectivity index (χ4n) is 3.45. The lowest BCUT2D eigenvalue weighted by atomic mass is 9.92. The maximum Gasteiger partial charge on any atom is 0.219 e. The first-order valence-corrected chi connectivity index (χ1v) is 9.17. The van der Waals surface area contributed by atoms with E-state index in [-0.39, 0.29) is 17.6 Å². The second-order valence-electron chi connectivity index (χ2n) is 6.86. The normalized spacial score (nSPS) is 15.2. The van der Waals surface area contributed by atoms with Crippen LogP contribution in [0, 0.1) is 5.92 Å². The van der Waals surface area contributed by atoms with Crippen molar-refractivity contribution >= 4 is 11.7 Å². The van der Waals surface area contributed by atoms with E-state index in [0.29, 0.717) is 38.3 Å². The van der Waals surface area contributed by atoms with Crippen molar-refractivity contribution in [3.05, 3.63) is 53.6 Å². The molecule has 1 aliphatic heterocycles. The van der Waals surface area contributed by atoms with Gasteiger partial charge in [-0.2, -0.15) is 0 Å². The number of aryl methyl sites for hydroxylation is 2. The van der Waals surface area contributed by atoms with Crippen molar-refractivity contribution in [2.24, 2.45) is 11.7 Å². The quantitative estimate of drug-likeness (QED) is 0.805. The summed E-state index contributed by atoms with van der Waals surface area (Å²) in [5.74, 6) is 0.662. The molecule has 1 amide bonds. The monoisotopic (exact) mass is 354 g/mol.